The van der Waals surface area contributed by atoms with Gasteiger partial charge in [0.1, 0.15) is 4.99 Å². The quantitative estimate of drug-likeness (QED) is 0.473. The fourth-order valence-corrected chi connectivity index (χ4v) is 4.95. The fraction of sp³-hybridized carbons (Fsp3) is 0.167. The van der Waals surface area contributed by atoms with Crippen LogP contribution in [0.4, 0.5) is 11.4 Å². The zero-order chi connectivity index (χ0) is 22.2. The summed E-state index contributed by atoms with van der Waals surface area (Å²) in [6.45, 7) is 2.88. The maximum Gasteiger partial charge on any atom is 0.221 e. The number of rotatable bonds is 4. The minimum absolute atomic E-state index is 0.0856. The van der Waals surface area contributed by atoms with Crippen molar-refractivity contribution in [2.24, 2.45) is 12.8 Å². The van der Waals surface area contributed by atoms with Crippen molar-refractivity contribution in [3.05, 3.63) is 78.4 Å². The van der Waals surface area contributed by atoms with Gasteiger partial charge >= 0.3 is 0 Å². The highest BCUT2D eigenvalue weighted by Gasteiger charge is 2.22. The monoisotopic (exact) mass is 444 g/mol. The number of aryl methyl sites for hydroxylation is 1. The molecule has 1 aliphatic rings. The van der Waals surface area contributed by atoms with Crippen LogP contribution in [0.3, 0.4) is 0 Å². The number of carbonyl (C=O) groups is 1. The molecule has 1 aliphatic heterocycles. The molecule has 0 bridgehead atoms. The number of para-hydroxylation sites is 2. The van der Waals surface area contributed by atoms with Gasteiger partial charge in [-0.25, -0.2) is 4.98 Å². The minimum Gasteiger partial charge on any atom is -0.353 e. The molecular formula is C24H24N6OS. The first-order valence-corrected chi connectivity index (χ1v) is 11.2. The van der Waals surface area contributed by atoms with Gasteiger partial charge in [0.25, 0.3) is 0 Å². The third-order valence-electron chi connectivity index (χ3n) is 5.57. The largest absolute Gasteiger partial charge is 0.353 e. The van der Waals surface area contributed by atoms with Crippen molar-refractivity contribution in [2.75, 3.05) is 10.2 Å². The Bertz CT molecular complexity index is 1390. The SMILES string of the molecule is CC(=O)Nc1ccc(N(Cc2cccn2C)C2=S=C(N)c3nc4ccccc4n3C2)cc1. The number of carbonyl (C=O) groups excluding carboxylic acids is 1. The number of benzene rings is 2. The van der Waals surface area contributed by atoms with E-state index in [1.165, 1.54) is 12.6 Å². The normalized spacial score (nSPS) is 13.1. The van der Waals surface area contributed by atoms with E-state index >= 15 is 0 Å². The molecule has 3 N–H and O–H groups in total. The zero-order valence-electron chi connectivity index (χ0n) is 17.9. The number of nitrogens with one attached hydrogen (secondary N) is 1. The maximum atomic E-state index is 11.4. The molecule has 3 heterocycles. The van der Waals surface area contributed by atoms with Crippen molar-refractivity contribution in [1.82, 2.24) is 14.1 Å². The maximum absolute atomic E-state index is 11.4. The van der Waals surface area contributed by atoms with Gasteiger partial charge in [-0.3, -0.25) is 10.5 Å². The summed E-state index contributed by atoms with van der Waals surface area (Å²) >= 11 is 0. The number of nitrogens with two attached hydrogens (primary N) is 1. The van der Waals surface area contributed by atoms with Crippen molar-refractivity contribution in [2.45, 2.75) is 20.0 Å². The molecule has 2 aromatic carbocycles. The molecule has 0 spiro atoms. The number of anilines is 2. The van der Waals surface area contributed by atoms with Crippen LogP contribution >= 0.6 is 10.9 Å². The van der Waals surface area contributed by atoms with E-state index in [0.29, 0.717) is 18.1 Å². The van der Waals surface area contributed by atoms with Crippen LogP contribution in [0.5, 0.6) is 0 Å². The molecular weight excluding hydrogens is 420 g/mol. The van der Waals surface area contributed by atoms with Gasteiger partial charge in [-0.2, -0.15) is 0 Å². The first-order valence-electron chi connectivity index (χ1n) is 10.4. The predicted octanol–water partition coefficient (Wildman–Crippen LogP) is 3.35. The van der Waals surface area contributed by atoms with Crippen LogP contribution in [-0.4, -0.2) is 30.0 Å². The molecule has 0 radical (unpaired) electrons. The standard InChI is InChI=1S/C24H24N6OS/c1-16(31)26-17-9-11-18(12-10-17)29(14-19-6-5-13-28(19)2)22-15-30-21-8-4-3-7-20(21)27-24(30)23(25)32-22/h3-13H,14-15,25H2,1-2H3,(H,26,31). The summed E-state index contributed by atoms with van der Waals surface area (Å²) in [5, 5.41) is 2.83. The minimum atomic E-state index is -0.0856. The highest BCUT2D eigenvalue weighted by atomic mass is 32.1. The van der Waals surface area contributed by atoms with E-state index < -0.39 is 0 Å². The second-order valence-electron chi connectivity index (χ2n) is 7.79. The summed E-state index contributed by atoms with van der Waals surface area (Å²) in [5.74, 6) is 0.734. The number of hydrogen-bond acceptors (Lipinski definition) is 4. The Morgan fingerprint density at radius 1 is 1.16 bits per heavy atom. The van der Waals surface area contributed by atoms with Crippen LogP contribution in [0, 0.1) is 0 Å². The van der Waals surface area contributed by atoms with Gasteiger partial charge < -0.3 is 19.4 Å². The molecule has 0 saturated heterocycles. The second kappa shape index (κ2) is 8.14. The second-order valence-corrected chi connectivity index (χ2v) is 8.91. The Kier molecular flexibility index (Phi) is 5.16. The van der Waals surface area contributed by atoms with Crippen molar-refractivity contribution < 1.29 is 4.79 Å². The summed E-state index contributed by atoms with van der Waals surface area (Å²) in [6.07, 6.45) is 2.05. The first-order chi connectivity index (χ1) is 15.5. The third kappa shape index (κ3) is 3.74. The smallest absolute Gasteiger partial charge is 0.221 e. The third-order valence-corrected chi connectivity index (χ3v) is 6.56. The Balaban J connectivity index is 1.57. The lowest BCUT2D eigenvalue weighted by molar-refractivity contribution is -0.114. The molecule has 162 valence electrons. The van der Waals surface area contributed by atoms with E-state index in [-0.39, 0.29) is 5.91 Å². The highest BCUT2D eigenvalue weighted by molar-refractivity contribution is 7.98. The Morgan fingerprint density at radius 2 is 1.94 bits per heavy atom. The summed E-state index contributed by atoms with van der Waals surface area (Å²) < 4.78 is 4.30. The average Bonchev–Trinajstić information content (AvgIpc) is 3.36. The number of aromatic nitrogens is 3. The van der Waals surface area contributed by atoms with Gasteiger partial charge in [0.05, 0.1) is 29.1 Å². The van der Waals surface area contributed by atoms with E-state index in [2.05, 4.69) is 31.5 Å². The van der Waals surface area contributed by atoms with Crippen LogP contribution < -0.4 is 16.0 Å². The first kappa shape index (κ1) is 20.3. The van der Waals surface area contributed by atoms with Gasteiger partial charge in [-0.1, -0.05) is 12.1 Å². The summed E-state index contributed by atoms with van der Waals surface area (Å²) in [7, 11) is 3.61. The highest BCUT2D eigenvalue weighted by Crippen LogP contribution is 2.25. The fourth-order valence-electron chi connectivity index (χ4n) is 3.98. The summed E-state index contributed by atoms with van der Waals surface area (Å²) in [4.78, 5) is 20.2. The molecule has 0 unspecified atom stereocenters. The molecule has 2 aromatic heterocycles. The molecule has 7 nitrogen and oxygen atoms in total. The van der Waals surface area contributed by atoms with E-state index in [9.17, 15) is 4.79 Å². The lowest BCUT2D eigenvalue weighted by atomic mass is 10.2. The molecule has 5 rings (SSSR count). The van der Waals surface area contributed by atoms with Crippen molar-refractivity contribution in [1.29, 1.82) is 0 Å². The lowest BCUT2D eigenvalue weighted by Gasteiger charge is -2.29. The van der Waals surface area contributed by atoms with E-state index in [4.69, 9.17) is 10.7 Å². The number of hydrogen-bond donors (Lipinski definition) is 2. The van der Waals surface area contributed by atoms with Crippen LogP contribution in [0.15, 0.2) is 66.9 Å². The molecule has 0 fully saturated rings. The van der Waals surface area contributed by atoms with Gasteiger partial charge in [-0.15, -0.1) is 10.9 Å². The van der Waals surface area contributed by atoms with Crippen molar-refractivity contribution >= 4 is 49.2 Å². The van der Waals surface area contributed by atoms with Crippen LogP contribution in [0.1, 0.15) is 18.4 Å². The molecule has 1 amide bonds. The van der Waals surface area contributed by atoms with Gasteiger partial charge in [-0.05, 0) is 48.5 Å². The lowest BCUT2D eigenvalue weighted by Crippen LogP contribution is -2.36. The molecule has 4 aromatic rings. The molecule has 0 saturated carbocycles. The molecule has 0 aliphatic carbocycles. The average molecular weight is 445 g/mol. The van der Waals surface area contributed by atoms with Gasteiger partial charge in [0.15, 0.2) is 5.82 Å². The van der Waals surface area contributed by atoms with Gasteiger partial charge in [0, 0.05) is 37.2 Å². The van der Waals surface area contributed by atoms with E-state index in [1.807, 2.05) is 61.8 Å². The van der Waals surface area contributed by atoms with Crippen LogP contribution in [-0.2, 0) is 24.9 Å². The topological polar surface area (TPSA) is 81.1 Å². The zero-order valence-corrected chi connectivity index (χ0v) is 18.8. The van der Waals surface area contributed by atoms with E-state index in [0.717, 1.165) is 33.2 Å². The number of amides is 1. The van der Waals surface area contributed by atoms with Crippen LogP contribution in [0.25, 0.3) is 11.0 Å². The Morgan fingerprint density at radius 3 is 2.66 bits per heavy atom. The molecule has 0 atom stereocenters. The molecule has 8 heteroatoms. The number of nitrogens with zero attached hydrogens (tertiary/aromatic N) is 4. The van der Waals surface area contributed by atoms with Gasteiger partial charge in [0.2, 0.25) is 5.91 Å². The Labute approximate surface area is 189 Å². The van der Waals surface area contributed by atoms with Crippen molar-refractivity contribution in [3.63, 3.8) is 0 Å². The van der Waals surface area contributed by atoms with Crippen molar-refractivity contribution in [3.8, 4) is 0 Å². The summed E-state index contributed by atoms with van der Waals surface area (Å²) in [5.41, 5.74) is 11.5. The number of imidazole rings is 1. The van der Waals surface area contributed by atoms with Crippen LogP contribution in [0.2, 0.25) is 0 Å². The number of fused-ring (bicyclic) bond motifs is 3. The summed E-state index contributed by atoms with van der Waals surface area (Å²) in [6, 6.07) is 20.2. The molecule has 32 heavy (non-hydrogen) atoms. The van der Waals surface area contributed by atoms with E-state index in [1.54, 1.807) is 10.9 Å². The Hall–Kier alpha value is -3.62. The predicted molar refractivity (Wildman–Crippen MR) is 133 cm³/mol.